The molecule has 210 valence electrons. The van der Waals surface area contributed by atoms with Gasteiger partial charge >= 0.3 is 0 Å². The predicted molar refractivity (Wildman–Crippen MR) is 146 cm³/mol. The Labute approximate surface area is 223 Å². The van der Waals surface area contributed by atoms with Gasteiger partial charge in [0.05, 0.1) is 18.6 Å². The van der Waals surface area contributed by atoms with Crippen molar-refractivity contribution in [1.82, 2.24) is 19.0 Å². The third-order valence-corrected chi connectivity index (χ3v) is 10.3. The standard InChI is InChI=1S/C27H46N4O5S/c1-20-15-25(35-7)16-21(2)27(20)37(33,34)29(5)13-14-36-19-26(32)30(6)22-9-8-10-23(17-22)31-12-11-24(18-31)28(3)4/h15-16,22-24H,8-14,17-19H2,1-7H3/t22-,23+,24?/m0/s1. The quantitative estimate of drug-likeness (QED) is 0.400. The van der Waals surface area contributed by atoms with Gasteiger partial charge in [-0.15, -0.1) is 0 Å². The molecule has 1 aliphatic heterocycles. The number of nitrogens with zero attached hydrogens (tertiary/aromatic N) is 4. The molecule has 9 nitrogen and oxygen atoms in total. The first-order valence-electron chi connectivity index (χ1n) is 13.3. The number of hydrogen-bond acceptors (Lipinski definition) is 7. The van der Waals surface area contributed by atoms with Gasteiger partial charge in [-0.1, -0.05) is 0 Å². The van der Waals surface area contributed by atoms with Crippen LogP contribution in [0.3, 0.4) is 0 Å². The Morgan fingerprint density at radius 3 is 2.32 bits per heavy atom. The van der Waals surface area contributed by atoms with Crippen LogP contribution in [0.4, 0.5) is 0 Å². The van der Waals surface area contributed by atoms with Crippen LogP contribution in [-0.4, -0.2) is 120 Å². The van der Waals surface area contributed by atoms with Gasteiger partial charge in [-0.3, -0.25) is 9.69 Å². The minimum Gasteiger partial charge on any atom is -0.497 e. The highest BCUT2D eigenvalue weighted by Crippen LogP contribution is 2.30. The Morgan fingerprint density at radius 1 is 1.05 bits per heavy atom. The molecule has 3 atom stereocenters. The van der Waals surface area contributed by atoms with Crippen molar-refractivity contribution < 1.29 is 22.7 Å². The fourth-order valence-corrected chi connectivity index (χ4v) is 7.27. The van der Waals surface area contributed by atoms with Crippen molar-refractivity contribution >= 4 is 15.9 Å². The summed E-state index contributed by atoms with van der Waals surface area (Å²) in [6.45, 7) is 6.04. The lowest BCUT2D eigenvalue weighted by atomic mass is 9.89. The number of likely N-dealkylation sites (N-methyl/N-ethyl adjacent to an activating group) is 3. The molecule has 1 aromatic carbocycles. The van der Waals surface area contributed by atoms with Gasteiger partial charge in [0.2, 0.25) is 15.9 Å². The van der Waals surface area contributed by atoms with Gasteiger partial charge in [0.15, 0.2) is 0 Å². The first-order valence-corrected chi connectivity index (χ1v) is 14.7. The second-order valence-corrected chi connectivity index (χ2v) is 12.8. The molecule has 37 heavy (non-hydrogen) atoms. The number of amides is 1. The molecule has 0 bridgehead atoms. The number of carbonyl (C=O) groups is 1. The average Bonchev–Trinajstić information content (AvgIpc) is 3.36. The SMILES string of the molecule is COc1cc(C)c(S(=O)(=O)N(C)CCOCC(=O)N(C)[C@H]2CCC[C@@H](N3CCC(N(C)C)C3)C2)c(C)c1. The van der Waals surface area contributed by atoms with Crippen LogP contribution in [0.15, 0.2) is 17.0 Å². The van der Waals surface area contributed by atoms with Crippen LogP contribution in [0.5, 0.6) is 5.75 Å². The normalized spacial score (nSPS) is 23.1. The van der Waals surface area contributed by atoms with Gasteiger partial charge in [-0.2, -0.15) is 4.31 Å². The van der Waals surface area contributed by atoms with Crippen LogP contribution in [0.1, 0.15) is 43.2 Å². The Morgan fingerprint density at radius 2 is 1.73 bits per heavy atom. The van der Waals surface area contributed by atoms with E-state index < -0.39 is 10.0 Å². The molecule has 2 fully saturated rings. The number of benzene rings is 1. The van der Waals surface area contributed by atoms with E-state index in [1.165, 1.54) is 24.2 Å². The molecule has 3 rings (SSSR count). The first kappa shape index (κ1) is 29.8. The van der Waals surface area contributed by atoms with E-state index in [9.17, 15) is 13.2 Å². The van der Waals surface area contributed by atoms with Crippen molar-refractivity contribution in [2.24, 2.45) is 0 Å². The zero-order chi connectivity index (χ0) is 27.3. The molecule has 1 saturated heterocycles. The third kappa shape index (κ3) is 7.23. The number of carbonyl (C=O) groups excluding carboxylic acids is 1. The summed E-state index contributed by atoms with van der Waals surface area (Å²) in [5.41, 5.74) is 1.27. The van der Waals surface area contributed by atoms with Gasteiger partial charge in [-0.25, -0.2) is 8.42 Å². The monoisotopic (exact) mass is 538 g/mol. The predicted octanol–water partition coefficient (Wildman–Crippen LogP) is 2.35. The molecule has 1 amide bonds. The summed E-state index contributed by atoms with van der Waals surface area (Å²) in [6.07, 6.45) is 5.56. The van der Waals surface area contributed by atoms with Crippen LogP contribution in [0.25, 0.3) is 0 Å². The van der Waals surface area contributed by atoms with E-state index in [2.05, 4.69) is 23.9 Å². The van der Waals surface area contributed by atoms with Crippen molar-refractivity contribution in [1.29, 1.82) is 0 Å². The van der Waals surface area contributed by atoms with Crippen molar-refractivity contribution in [3.05, 3.63) is 23.3 Å². The minimum atomic E-state index is -3.69. The molecular formula is C27H46N4O5S. The lowest BCUT2D eigenvalue weighted by Crippen LogP contribution is -2.47. The molecule has 1 heterocycles. The van der Waals surface area contributed by atoms with Gasteiger partial charge < -0.3 is 19.3 Å². The highest BCUT2D eigenvalue weighted by Gasteiger charge is 2.34. The fraction of sp³-hybridized carbons (Fsp3) is 0.741. The number of aryl methyl sites for hydroxylation is 2. The summed E-state index contributed by atoms with van der Waals surface area (Å²) < 4.78 is 38.5. The highest BCUT2D eigenvalue weighted by molar-refractivity contribution is 7.89. The van der Waals surface area contributed by atoms with E-state index in [1.807, 2.05) is 11.9 Å². The largest absolute Gasteiger partial charge is 0.497 e. The first-order chi connectivity index (χ1) is 17.4. The summed E-state index contributed by atoms with van der Waals surface area (Å²) in [7, 11) is 5.59. The zero-order valence-electron chi connectivity index (χ0n) is 23.7. The van der Waals surface area contributed by atoms with E-state index in [0.717, 1.165) is 32.4 Å². The highest BCUT2D eigenvalue weighted by atomic mass is 32.2. The van der Waals surface area contributed by atoms with E-state index in [-0.39, 0.29) is 36.6 Å². The number of ether oxygens (including phenoxy) is 2. The number of sulfonamides is 1. The van der Waals surface area contributed by atoms with Crippen LogP contribution < -0.4 is 4.74 Å². The Hall–Kier alpha value is -1.72. The van der Waals surface area contributed by atoms with Crippen molar-refractivity contribution in [3.8, 4) is 5.75 Å². The Bertz CT molecular complexity index is 1010. The molecule has 1 unspecified atom stereocenters. The van der Waals surface area contributed by atoms with E-state index >= 15 is 0 Å². The van der Waals surface area contributed by atoms with Crippen molar-refractivity contribution in [2.75, 3.05) is 68.1 Å². The fourth-order valence-electron chi connectivity index (χ4n) is 5.71. The van der Waals surface area contributed by atoms with Gasteiger partial charge in [0.25, 0.3) is 0 Å². The van der Waals surface area contributed by atoms with Crippen LogP contribution >= 0.6 is 0 Å². The number of hydrogen-bond donors (Lipinski definition) is 0. The second kappa shape index (κ2) is 12.9. The van der Waals surface area contributed by atoms with E-state index in [1.54, 1.807) is 33.1 Å². The number of rotatable bonds is 11. The Kier molecular flexibility index (Phi) is 10.4. The van der Waals surface area contributed by atoms with Crippen LogP contribution in [-0.2, 0) is 19.6 Å². The maximum atomic E-state index is 13.2. The molecule has 1 aromatic rings. The van der Waals surface area contributed by atoms with E-state index in [4.69, 9.17) is 9.47 Å². The molecule has 0 aromatic heterocycles. The molecule has 2 aliphatic rings. The smallest absolute Gasteiger partial charge is 0.248 e. The summed E-state index contributed by atoms with van der Waals surface area (Å²) >= 11 is 0. The summed E-state index contributed by atoms with van der Waals surface area (Å²) in [6, 6.07) is 4.81. The Balaban J connectivity index is 1.46. The molecule has 0 N–H and O–H groups in total. The third-order valence-electron chi connectivity index (χ3n) is 8.12. The summed E-state index contributed by atoms with van der Waals surface area (Å²) in [4.78, 5) is 19.9. The topological polar surface area (TPSA) is 82.6 Å². The summed E-state index contributed by atoms with van der Waals surface area (Å²) in [5, 5.41) is 0. The van der Waals surface area contributed by atoms with Crippen molar-refractivity contribution in [2.45, 2.75) is 69.0 Å². The molecule has 10 heteroatoms. The van der Waals surface area contributed by atoms with Gasteiger partial charge in [-0.05, 0) is 83.3 Å². The maximum absolute atomic E-state index is 13.2. The van der Waals surface area contributed by atoms with Gasteiger partial charge in [0.1, 0.15) is 12.4 Å². The molecule has 1 aliphatic carbocycles. The molecular weight excluding hydrogens is 492 g/mol. The van der Waals surface area contributed by atoms with Crippen LogP contribution in [0.2, 0.25) is 0 Å². The molecule has 0 spiro atoms. The lowest BCUT2D eigenvalue weighted by molar-refractivity contribution is -0.137. The lowest BCUT2D eigenvalue weighted by Gasteiger charge is -2.39. The number of methoxy groups -OCH3 is 1. The summed E-state index contributed by atoms with van der Waals surface area (Å²) in [5.74, 6) is 0.579. The maximum Gasteiger partial charge on any atom is 0.248 e. The average molecular weight is 539 g/mol. The molecule has 1 saturated carbocycles. The second-order valence-electron chi connectivity index (χ2n) is 10.8. The van der Waals surface area contributed by atoms with Crippen molar-refractivity contribution in [3.63, 3.8) is 0 Å². The minimum absolute atomic E-state index is 0.0431. The number of likely N-dealkylation sites (tertiary alicyclic amines) is 1. The van der Waals surface area contributed by atoms with Crippen LogP contribution in [0, 0.1) is 13.8 Å². The molecule has 0 radical (unpaired) electrons. The van der Waals surface area contributed by atoms with E-state index in [0.29, 0.717) is 29.0 Å². The zero-order valence-corrected chi connectivity index (χ0v) is 24.5. The van der Waals surface area contributed by atoms with Gasteiger partial charge in [0, 0.05) is 51.9 Å².